The normalized spacial score (nSPS) is 19.2. The third kappa shape index (κ3) is 3.96. The second kappa shape index (κ2) is 9.35. The van der Waals surface area contributed by atoms with Crippen LogP contribution in [0.25, 0.3) is 5.70 Å². The minimum absolute atomic E-state index is 0.0478. The number of hydrogen-bond donors (Lipinski definition) is 1. The topological polar surface area (TPSA) is 66.4 Å². The number of aliphatic imine (C=N–C) groups is 1. The SMILES string of the molecule is CNCc1ccc(C2=C3CCC4N(Cc5ccc(OC)cc5OC)C(=O)CC=C(C=N2)N34)cc1. The van der Waals surface area contributed by atoms with E-state index in [0.29, 0.717) is 13.0 Å². The van der Waals surface area contributed by atoms with Gasteiger partial charge in [0, 0.05) is 35.9 Å². The van der Waals surface area contributed by atoms with Gasteiger partial charge in [-0.15, -0.1) is 0 Å². The van der Waals surface area contributed by atoms with Gasteiger partial charge in [-0.1, -0.05) is 24.3 Å². The molecule has 2 aromatic rings. The van der Waals surface area contributed by atoms with Crippen LogP contribution in [0.2, 0.25) is 0 Å². The number of nitrogens with zero attached hydrogens (tertiary/aromatic N) is 3. The molecule has 0 bridgehead atoms. The molecule has 1 saturated heterocycles. The van der Waals surface area contributed by atoms with Gasteiger partial charge in [0.25, 0.3) is 0 Å². The highest BCUT2D eigenvalue weighted by molar-refractivity contribution is 5.91. The quantitative estimate of drug-likeness (QED) is 0.681. The van der Waals surface area contributed by atoms with Gasteiger partial charge in [0.1, 0.15) is 17.7 Å². The highest BCUT2D eigenvalue weighted by atomic mass is 16.5. The Morgan fingerprint density at radius 1 is 1.12 bits per heavy atom. The number of carbonyl (C=O) groups is 1. The molecular formula is C27H30N4O3. The summed E-state index contributed by atoms with van der Waals surface area (Å²) < 4.78 is 10.9. The highest BCUT2D eigenvalue weighted by Gasteiger charge is 2.41. The van der Waals surface area contributed by atoms with Crippen molar-refractivity contribution in [1.82, 2.24) is 15.1 Å². The maximum Gasteiger partial charge on any atom is 0.228 e. The van der Waals surface area contributed by atoms with E-state index < -0.39 is 0 Å². The number of rotatable bonds is 7. The molecule has 7 heteroatoms. The molecule has 5 rings (SSSR count). The lowest BCUT2D eigenvalue weighted by molar-refractivity contribution is -0.135. The monoisotopic (exact) mass is 458 g/mol. The molecule has 1 fully saturated rings. The van der Waals surface area contributed by atoms with Crippen LogP contribution in [0.1, 0.15) is 36.0 Å². The average Bonchev–Trinajstić information content (AvgIpc) is 3.26. The fourth-order valence-electron chi connectivity index (χ4n) is 5.03. The molecular weight excluding hydrogens is 428 g/mol. The lowest BCUT2D eigenvalue weighted by atomic mass is 10.1. The Bertz CT molecular complexity index is 1180. The van der Waals surface area contributed by atoms with Gasteiger partial charge >= 0.3 is 0 Å². The van der Waals surface area contributed by atoms with E-state index in [0.717, 1.165) is 53.4 Å². The minimum atomic E-state index is -0.0478. The summed E-state index contributed by atoms with van der Waals surface area (Å²) >= 11 is 0. The van der Waals surface area contributed by atoms with E-state index in [9.17, 15) is 4.79 Å². The molecule has 0 spiro atoms. The average molecular weight is 459 g/mol. The summed E-state index contributed by atoms with van der Waals surface area (Å²) in [6, 6.07) is 14.3. The lowest BCUT2D eigenvalue weighted by Gasteiger charge is -2.37. The van der Waals surface area contributed by atoms with Crippen molar-refractivity contribution in [3.05, 3.63) is 76.6 Å². The Balaban J connectivity index is 1.47. The van der Waals surface area contributed by atoms with Crippen molar-refractivity contribution in [2.45, 2.75) is 38.5 Å². The summed E-state index contributed by atoms with van der Waals surface area (Å²) in [4.78, 5) is 22.4. The van der Waals surface area contributed by atoms with Crippen LogP contribution >= 0.6 is 0 Å². The second-order valence-electron chi connectivity index (χ2n) is 8.70. The van der Waals surface area contributed by atoms with Crippen molar-refractivity contribution in [2.75, 3.05) is 21.3 Å². The van der Waals surface area contributed by atoms with Crippen molar-refractivity contribution in [3.8, 4) is 11.5 Å². The number of amides is 1. The molecule has 176 valence electrons. The smallest absolute Gasteiger partial charge is 0.228 e. The third-order valence-corrected chi connectivity index (χ3v) is 6.71. The first-order valence-electron chi connectivity index (χ1n) is 11.6. The van der Waals surface area contributed by atoms with E-state index in [-0.39, 0.29) is 12.1 Å². The zero-order valence-corrected chi connectivity index (χ0v) is 19.9. The first-order chi connectivity index (χ1) is 16.6. The molecule has 3 aliphatic heterocycles. The molecule has 0 saturated carbocycles. The Hall–Kier alpha value is -3.58. The predicted octanol–water partition coefficient (Wildman–Crippen LogP) is 3.91. The fraction of sp³-hybridized carbons (Fsp3) is 0.333. The minimum Gasteiger partial charge on any atom is -0.497 e. The van der Waals surface area contributed by atoms with Crippen molar-refractivity contribution >= 4 is 17.8 Å². The zero-order chi connectivity index (χ0) is 23.7. The summed E-state index contributed by atoms with van der Waals surface area (Å²) in [6.07, 6.45) is 5.95. The Kier molecular flexibility index (Phi) is 6.11. The largest absolute Gasteiger partial charge is 0.497 e. The Labute approximate surface area is 200 Å². The lowest BCUT2D eigenvalue weighted by Crippen LogP contribution is -2.45. The van der Waals surface area contributed by atoms with E-state index in [1.807, 2.05) is 42.4 Å². The molecule has 1 atom stereocenters. The molecule has 3 aliphatic rings. The summed E-state index contributed by atoms with van der Waals surface area (Å²) in [5.41, 5.74) is 6.48. The van der Waals surface area contributed by atoms with Crippen LogP contribution in [-0.2, 0) is 17.9 Å². The van der Waals surface area contributed by atoms with Gasteiger partial charge in [0.2, 0.25) is 5.91 Å². The summed E-state index contributed by atoms with van der Waals surface area (Å²) in [6.45, 7) is 1.31. The number of benzene rings is 2. The van der Waals surface area contributed by atoms with E-state index in [1.54, 1.807) is 14.2 Å². The van der Waals surface area contributed by atoms with Crippen LogP contribution in [0.4, 0.5) is 0 Å². The second-order valence-corrected chi connectivity index (χ2v) is 8.70. The number of methoxy groups -OCH3 is 2. The molecule has 3 heterocycles. The van der Waals surface area contributed by atoms with Gasteiger partial charge in [-0.05, 0) is 43.7 Å². The van der Waals surface area contributed by atoms with E-state index in [2.05, 4.69) is 34.5 Å². The van der Waals surface area contributed by atoms with Crippen molar-refractivity contribution in [2.24, 2.45) is 4.99 Å². The predicted molar refractivity (Wildman–Crippen MR) is 132 cm³/mol. The van der Waals surface area contributed by atoms with Crippen molar-refractivity contribution < 1.29 is 14.3 Å². The molecule has 34 heavy (non-hydrogen) atoms. The molecule has 7 nitrogen and oxygen atoms in total. The molecule has 0 aromatic heterocycles. The van der Waals surface area contributed by atoms with Gasteiger partial charge < -0.3 is 24.6 Å². The number of allylic oxidation sites excluding steroid dienone is 2. The number of nitrogens with one attached hydrogen (secondary N) is 1. The number of carbonyl (C=O) groups excluding carboxylic acids is 1. The zero-order valence-electron chi connectivity index (χ0n) is 19.9. The fourth-order valence-corrected chi connectivity index (χ4v) is 5.03. The van der Waals surface area contributed by atoms with Gasteiger partial charge in [-0.2, -0.15) is 0 Å². The molecule has 0 aliphatic carbocycles. The summed E-state index contributed by atoms with van der Waals surface area (Å²) in [5, 5.41) is 3.19. The number of hydrogen-bond acceptors (Lipinski definition) is 6. The highest BCUT2D eigenvalue weighted by Crippen LogP contribution is 2.42. The molecule has 1 amide bonds. The van der Waals surface area contributed by atoms with Crippen molar-refractivity contribution in [1.29, 1.82) is 0 Å². The van der Waals surface area contributed by atoms with Crippen LogP contribution in [0, 0.1) is 0 Å². The molecule has 1 N–H and O–H groups in total. The van der Waals surface area contributed by atoms with Crippen LogP contribution in [0.3, 0.4) is 0 Å². The Morgan fingerprint density at radius 3 is 2.68 bits per heavy atom. The van der Waals surface area contributed by atoms with Crippen LogP contribution in [-0.4, -0.2) is 49.4 Å². The van der Waals surface area contributed by atoms with Gasteiger partial charge in [0.05, 0.1) is 38.4 Å². The van der Waals surface area contributed by atoms with E-state index >= 15 is 0 Å². The van der Waals surface area contributed by atoms with E-state index in [4.69, 9.17) is 14.5 Å². The standard InChI is InChI=1S/C27H30N4O3/c1-28-15-18-4-6-19(7-5-18)27-23-11-12-25-30(26(32)13-9-21(16-29-27)31(23)25)17-20-8-10-22(33-2)14-24(20)34-3/h4-10,14,16,25,28H,11-13,15,17H2,1-3H3. The summed E-state index contributed by atoms with van der Waals surface area (Å²) in [5.74, 6) is 1.56. The van der Waals surface area contributed by atoms with Crippen LogP contribution in [0.15, 0.2) is 64.9 Å². The van der Waals surface area contributed by atoms with Gasteiger partial charge in [-0.25, -0.2) is 0 Å². The van der Waals surface area contributed by atoms with E-state index in [1.165, 1.54) is 11.3 Å². The maximum atomic E-state index is 13.2. The number of ether oxygens (including phenoxy) is 2. The molecule has 0 radical (unpaired) electrons. The summed E-state index contributed by atoms with van der Waals surface area (Å²) in [7, 11) is 5.23. The first-order valence-corrected chi connectivity index (χ1v) is 11.6. The van der Waals surface area contributed by atoms with Crippen LogP contribution < -0.4 is 14.8 Å². The van der Waals surface area contributed by atoms with Crippen LogP contribution in [0.5, 0.6) is 11.5 Å². The Morgan fingerprint density at radius 2 is 1.94 bits per heavy atom. The third-order valence-electron chi connectivity index (χ3n) is 6.71. The first kappa shape index (κ1) is 22.2. The molecule has 1 unspecified atom stereocenters. The van der Waals surface area contributed by atoms with Gasteiger partial charge in [-0.3, -0.25) is 9.79 Å². The van der Waals surface area contributed by atoms with Crippen molar-refractivity contribution in [3.63, 3.8) is 0 Å². The van der Waals surface area contributed by atoms with Gasteiger partial charge in [0.15, 0.2) is 0 Å². The molecule has 2 aromatic carbocycles. The maximum absolute atomic E-state index is 13.2.